The van der Waals surface area contributed by atoms with Crippen LogP contribution >= 0.6 is 0 Å². The molecule has 0 bridgehead atoms. The molecular weight excluding hydrogens is 336 g/mol. The van der Waals surface area contributed by atoms with Crippen molar-refractivity contribution < 1.29 is 19.4 Å². The average Bonchev–Trinajstić information content (AvgIpc) is 2.63. The third-order valence-corrected chi connectivity index (χ3v) is 4.29. The smallest absolute Gasteiger partial charge is 0.278 e. The summed E-state index contributed by atoms with van der Waals surface area (Å²) in [5, 5.41) is 14.1. The van der Waals surface area contributed by atoms with E-state index in [4.69, 9.17) is 4.74 Å². The number of benzene rings is 1. The number of ketones is 2. The molecule has 0 spiro atoms. The van der Waals surface area contributed by atoms with Gasteiger partial charge in [0.2, 0.25) is 5.78 Å². The summed E-state index contributed by atoms with van der Waals surface area (Å²) in [6.45, 7) is 0. The van der Waals surface area contributed by atoms with Gasteiger partial charge in [-0.25, -0.2) is 4.68 Å². The van der Waals surface area contributed by atoms with Gasteiger partial charge in [-0.1, -0.05) is 30.3 Å². The van der Waals surface area contributed by atoms with E-state index in [1.165, 1.54) is 14.2 Å². The molecule has 1 aromatic heterocycles. The van der Waals surface area contributed by atoms with Crippen LogP contribution in [0.4, 0.5) is 0 Å². The fourth-order valence-electron chi connectivity index (χ4n) is 3.03. The lowest BCUT2D eigenvalue weighted by molar-refractivity contribution is -0.116. The highest BCUT2D eigenvalue weighted by Crippen LogP contribution is 2.32. The SMILES string of the molecule is COc1c(C(=O)C2=C(O)CCCC2=O)nn(C)c(=O)c1-c1ccccc1. The van der Waals surface area contributed by atoms with Crippen molar-refractivity contribution in [3.05, 3.63) is 57.7 Å². The molecule has 0 fully saturated rings. The lowest BCUT2D eigenvalue weighted by Crippen LogP contribution is -2.28. The number of allylic oxidation sites excluding steroid dienone is 2. The Morgan fingerprint density at radius 1 is 1.19 bits per heavy atom. The second kappa shape index (κ2) is 6.95. The van der Waals surface area contributed by atoms with Crippen LogP contribution in [-0.4, -0.2) is 33.6 Å². The summed E-state index contributed by atoms with van der Waals surface area (Å²) in [4.78, 5) is 37.7. The number of rotatable bonds is 4. The van der Waals surface area contributed by atoms with E-state index in [9.17, 15) is 19.5 Å². The fraction of sp³-hybridized carbons (Fsp3) is 0.263. The van der Waals surface area contributed by atoms with Gasteiger partial charge >= 0.3 is 0 Å². The molecule has 1 N–H and O–H groups in total. The van der Waals surface area contributed by atoms with Gasteiger partial charge < -0.3 is 9.84 Å². The molecule has 0 amide bonds. The molecule has 0 radical (unpaired) electrons. The molecule has 7 heteroatoms. The Balaban J connectivity index is 2.26. The topological polar surface area (TPSA) is 98.5 Å². The second-order valence-electron chi connectivity index (χ2n) is 5.98. The number of nitrogens with zero attached hydrogens (tertiary/aromatic N) is 2. The quantitative estimate of drug-likeness (QED) is 0.668. The normalized spacial score (nSPS) is 14.5. The largest absolute Gasteiger partial charge is 0.511 e. The zero-order chi connectivity index (χ0) is 18.8. The van der Waals surface area contributed by atoms with E-state index in [1.54, 1.807) is 30.3 Å². The first kappa shape index (κ1) is 17.6. The first-order valence-electron chi connectivity index (χ1n) is 8.16. The zero-order valence-corrected chi connectivity index (χ0v) is 14.5. The third-order valence-electron chi connectivity index (χ3n) is 4.29. The molecule has 134 valence electrons. The number of Topliss-reactive ketones (excluding diaryl/α,β-unsaturated/α-hetero) is 2. The van der Waals surface area contributed by atoms with Crippen LogP contribution in [0.15, 0.2) is 46.5 Å². The minimum absolute atomic E-state index is 0.0111. The maximum atomic E-state index is 13.0. The molecule has 7 nitrogen and oxygen atoms in total. The van der Waals surface area contributed by atoms with E-state index >= 15 is 0 Å². The fourth-order valence-corrected chi connectivity index (χ4v) is 3.03. The second-order valence-corrected chi connectivity index (χ2v) is 5.98. The number of ether oxygens (including phenoxy) is 1. The van der Waals surface area contributed by atoms with Crippen molar-refractivity contribution in [2.24, 2.45) is 7.05 Å². The number of aryl methyl sites for hydroxylation is 1. The van der Waals surface area contributed by atoms with Gasteiger partial charge in [0, 0.05) is 19.9 Å². The van der Waals surface area contributed by atoms with E-state index in [0.29, 0.717) is 12.0 Å². The highest BCUT2D eigenvalue weighted by Gasteiger charge is 2.32. The first-order chi connectivity index (χ1) is 12.5. The number of aliphatic hydroxyl groups excluding tert-OH is 1. The Labute approximate surface area is 149 Å². The Kier molecular flexibility index (Phi) is 4.71. The van der Waals surface area contributed by atoms with Crippen LogP contribution in [0.1, 0.15) is 29.8 Å². The van der Waals surface area contributed by atoms with E-state index in [0.717, 1.165) is 4.68 Å². The number of hydrogen-bond donors (Lipinski definition) is 1. The van der Waals surface area contributed by atoms with Crippen LogP contribution < -0.4 is 10.3 Å². The number of carbonyl (C=O) groups is 2. The van der Waals surface area contributed by atoms with E-state index in [1.807, 2.05) is 0 Å². The summed E-state index contributed by atoms with van der Waals surface area (Å²) >= 11 is 0. The van der Waals surface area contributed by atoms with Gasteiger partial charge in [0.25, 0.3) is 5.56 Å². The van der Waals surface area contributed by atoms with Crippen molar-refractivity contribution in [3.8, 4) is 16.9 Å². The molecule has 1 aliphatic rings. The third kappa shape index (κ3) is 2.92. The van der Waals surface area contributed by atoms with Crippen molar-refractivity contribution in [1.29, 1.82) is 0 Å². The average molecular weight is 354 g/mol. The van der Waals surface area contributed by atoms with Gasteiger partial charge in [0.05, 0.1) is 12.7 Å². The summed E-state index contributed by atoms with van der Waals surface area (Å²) in [6, 6.07) is 8.76. The maximum absolute atomic E-state index is 13.0. The van der Waals surface area contributed by atoms with Crippen LogP contribution in [0.5, 0.6) is 5.75 Å². The first-order valence-corrected chi connectivity index (χ1v) is 8.16. The van der Waals surface area contributed by atoms with Crippen molar-refractivity contribution >= 4 is 11.6 Å². The van der Waals surface area contributed by atoms with Crippen LogP contribution in [0.25, 0.3) is 11.1 Å². The molecular formula is C19H18N2O5. The Hall–Kier alpha value is -3.22. The van der Waals surface area contributed by atoms with Gasteiger partial charge in [0.15, 0.2) is 17.2 Å². The molecule has 0 unspecified atom stereocenters. The standard InChI is InChI=1S/C19H18N2O5/c1-21-19(25)14(11-7-4-3-5-8-11)18(26-2)16(20-21)17(24)15-12(22)9-6-10-13(15)23/h3-5,7-8,22H,6,9-10H2,1-2H3. The number of methoxy groups -OCH3 is 1. The molecule has 0 saturated heterocycles. The Bertz CT molecular complexity index is 973. The van der Waals surface area contributed by atoms with Crippen molar-refractivity contribution in [1.82, 2.24) is 9.78 Å². The van der Waals surface area contributed by atoms with Gasteiger partial charge in [-0.05, 0) is 12.0 Å². The van der Waals surface area contributed by atoms with Crippen LogP contribution in [0, 0.1) is 0 Å². The van der Waals surface area contributed by atoms with E-state index < -0.39 is 17.1 Å². The van der Waals surface area contributed by atoms with Gasteiger partial charge in [-0.2, -0.15) is 5.10 Å². The summed E-state index contributed by atoms with van der Waals surface area (Å²) in [7, 11) is 2.75. The summed E-state index contributed by atoms with van der Waals surface area (Å²) in [6.07, 6.45) is 0.936. The summed E-state index contributed by atoms with van der Waals surface area (Å²) < 4.78 is 6.37. The van der Waals surface area contributed by atoms with Crippen molar-refractivity contribution in [2.45, 2.75) is 19.3 Å². The van der Waals surface area contributed by atoms with Gasteiger partial charge in [-0.3, -0.25) is 14.4 Å². The molecule has 0 atom stereocenters. The molecule has 3 rings (SSSR count). The number of aliphatic hydroxyl groups is 1. The number of hydrogen-bond acceptors (Lipinski definition) is 6. The predicted molar refractivity (Wildman–Crippen MR) is 94.3 cm³/mol. The van der Waals surface area contributed by atoms with Crippen molar-refractivity contribution in [2.75, 3.05) is 7.11 Å². The minimum Gasteiger partial charge on any atom is -0.511 e. The van der Waals surface area contributed by atoms with Gasteiger partial charge in [0.1, 0.15) is 11.3 Å². The van der Waals surface area contributed by atoms with Crippen LogP contribution in [0.3, 0.4) is 0 Å². The Morgan fingerprint density at radius 3 is 2.50 bits per heavy atom. The highest BCUT2D eigenvalue weighted by molar-refractivity contribution is 6.27. The van der Waals surface area contributed by atoms with Crippen LogP contribution in [-0.2, 0) is 11.8 Å². The molecule has 1 aromatic carbocycles. The maximum Gasteiger partial charge on any atom is 0.278 e. The zero-order valence-electron chi connectivity index (χ0n) is 14.5. The van der Waals surface area contributed by atoms with E-state index in [-0.39, 0.29) is 41.2 Å². The predicted octanol–water partition coefficient (Wildman–Crippen LogP) is 2.20. The lowest BCUT2D eigenvalue weighted by Gasteiger charge is -2.17. The molecule has 1 aliphatic carbocycles. The number of carbonyl (C=O) groups excluding carboxylic acids is 2. The molecule has 0 saturated carbocycles. The lowest BCUT2D eigenvalue weighted by atomic mass is 9.91. The van der Waals surface area contributed by atoms with E-state index in [2.05, 4.69) is 5.10 Å². The van der Waals surface area contributed by atoms with Gasteiger partial charge in [-0.15, -0.1) is 0 Å². The van der Waals surface area contributed by atoms with Crippen LogP contribution in [0.2, 0.25) is 0 Å². The van der Waals surface area contributed by atoms with Crippen molar-refractivity contribution in [3.63, 3.8) is 0 Å². The molecule has 2 aromatic rings. The molecule has 1 heterocycles. The Morgan fingerprint density at radius 2 is 1.88 bits per heavy atom. The number of aromatic nitrogens is 2. The summed E-state index contributed by atoms with van der Waals surface area (Å²) in [5.41, 5.74) is -0.144. The summed E-state index contributed by atoms with van der Waals surface area (Å²) in [5.74, 6) is -1.43. The molecule has 26 heavy (non-hydrogen) atoms. The molecule has 0 aliphatic heterocycles. The minimum atomic E-state index is -0.739. The monoisotopic (exact) mass is 354 g/mol. The highest BCUT2D eigenvalue weighted by atomic mass is 16.5.